The number of nitrogens with zero attached hydrogens (tertiary/aromatic N) is 3. The van der Waals surface area contributed by atoms with Crippen LogP contribution in [0.4, 0.5) is 20.2 Å². The Labute approximate surface area is 240 Å². The summed E-state index contributed by atoms with van der Waals surface area (Å²) in [6.45, 7) is 11.0. The molecule has 0 spiro atoms. The summed E-state index contributed by atoms with van der Waals surface area (Å²) in [7, 11) is 0. The van der Waals surface area contributed by atoms with E-state index in [1.165, 1.54) is 21.6 Å². The second-order valence-electron chi connectivity index (χ2n) is 11.9. The van der Waals surface area contributed by atoms with Gasteiger partial charge in [-0.05, 0) is 77.7 Å². The molecule has 1 aromatic carbocycles. The molecule has 3 aliphatic rings. The third-order valence-corrected chi connectivity index (χ3v) is 8.29. The van der Waals surface area contributed by atoms with Gasteiger partial charge in [0.2, 0.25) is 5.82 Å². The molecule has 2 saturated heterocycles. The van der Waals surface area contributed by atoms with E-state index in [9.17, 15) is 19.1 Å². The number of hydrogen-bond acceptors (Lipinski definition) is 6. The monoisotopic (exact) mass is 620 g/mol. The molecule has 2 fully saturated rings. The van der Waals surface area contributed by atoms with Gasteiger partial charge in [0.25, 0.3) is 11.5 Å². The lowest BCUT2D eigenvalue weighted by atomic mass is 9.80. The highest BCUT2D eigenvalue weighted by Gasteiger charge is 2.53. The third kappa shape index (κ3) is 5.25. The summed E-state index contributed by atoms with van der Waals surface area (Å²) in [4.78, 5) is 30.2. The number of rotatable bonds is 6. The van der Waals surface area contributed by atoms with Gasteiger partial charge in [-0.1, -0.05) is 15.9 Å². The number of piperidine rings is 1. The molecule has 2 aromatic rings. The fourth-order valence-electron chi connectivity index (χ4n) is 6.04. The topological polar surface area (TPSA) is 87.0 Å². The number of pyridine rings is 1. The number of anilines is 2. The van der Waals surface area contributed by atoms with E-state index in [-0.39, 0.29) is 36.1 Å². The van der Waals surface area contributed by atoms with Crippen molar-refractivity contribution in [1.82, 2.24) is 14.4 Å². The van der Waals surface area contributed by atoms with Crippen molar-refractivity contribution in [2.75, 3.05) is 25.0 Å². The number of halogens is 3. The van der Waals surface area contributed by atoms with Crippen molar-refractivity contribution in [3.8, 4) is 0 Å². The van der Waals surface area contributed by atoms with Crippen LogP contribution in [-0.4, -0.2) is 62.3 Å². The van der Waals surface area contributed by atoms with Crippen molar-refractivity contribution in [2.24, 2.45) is 0 Å². The molecule has 1 atom stereocenters. The molecule has 11 heteroatoms. The minimum atomic E-state index is -1.21. The molecule has 216 valence electrons. The maximum absolute atomic E-state index is 15.5. The number of carbonyl (C=O) groups is 1. The molecule has 1 amide bonds. The predicted octanol–water partition coefficient (Wildman–Crippen LogP) is 4.91. The molecule has 0 radical (unpaired) electrons. The van der Waals surface area contributed by atoms with Crippen molar-refractivity contribution in [3.05, 3.63) is 68.4 Å². The van der Waals surface area contributed by atoms with Gasteiger partial charge in [-0.3, -0.25) is 9.59 Å². The fourth-order valence-corrected chi connectivity index (χ4v) is 6.37. The zero-order chi connectivity index (χ0) is 29.0. The van der Waals surface area contributed by atoms with Crippen molar-refractivity contribution in [1.29, 1.82) is 0 Å². The Morgan fingerprint density at radius 2 is 1.93 bits per heavy atom. The molecule has 5 rings (SSSR count). The smallest absolute Gasteiger partial charge is 0.289 e. The average Bonchev–Trinajstić information content (AvgIpc) is 3.35. The van der Waals surface area contributed by atoms with E-state index in [1.54, 1.807) is 6.07 Å². The van der Waals surface area contributed by atoms with Crippen LogP contribution in [0.15, 0.2) is 39.9 Å². The van der Waals surface area contributed by atoms with Gasteiger partial charge in [0.1, 0.15) is 17.0 Å². The number of benzene rings is 1. The summed E-state index contributed by atoms with van der Waals surface area (Å²) < 4.78 is 38.0. The second-order valence-corrected chi connectivity index (χ2v) is 12.8. The van der Waals surface area contributed by atoms with Gasteiger partial charge in [0, 0.05) is 23.3 Å². The van der Waals surface area contributed by atoms with Gasteiger partial charge in [-0.25, -0.2) is 4.39 Å². The van der Waals surface area contributed by atoms with Gasteiger partial charge in [-0.2, -0.15) is 4.39 Å². The molecule has 3 aliphatic heterocycles. The van der Waals surface area contributed by atoms with Crippen LogP contribution in [-0.2, 0) is 17.7 Å². The predicted molar refractivity (Wildman–Crippen MR) is 152 cm³/mol. The number of likely N-dealkylation sites (tertiary alicyclic amines) is 2. The van der Waals surface area contributed by atoms with Crippen LogP contribution in [0.2, 0.25) is 0 Å². The van der Waals surface area contributed by atoms with Crippen LogP contribution in [0, 0.1) is 11.6 Å². The van der Waals surface area contributed by atoms with Crippen molar-refractivity contribution < 1.29 is 23.4 Å². The summed E-state index contributed by atoms with van der Waals surface area (Å²) in [5.41, 5.74) is -2.49. The van der Waals surface area contributed by atoms with Crippen LogP contribution < -0.4 is 10.9 Å². The highest BCUT2D eigenvalue weighted by Crippen LogP contribution is 2.39. The zero-order valence-corrected chi connectivity index (χ0v) is 24.6. The Kier molecular flexibility index (Phi) is 7.50. The molecular weight excluding hydrogens is 586 g/mol. The molecule has 1 aromatic heterocycles. The molecule has 8 nitrogen and oxygen atoms in total. The SMILES string of the molecule is C=C(OC(C)(C)C)N1CCCCC1C1(O)CN(C(=O)c2c(Nc3ccc(Br)cc3F)c(F)c(=O)n3c2CCC3)C1. The second kappa shape index (κ2) is 10.5. The molecule has 4 heterocycles. The highest BCUT2D eigenvalue weighted by molar-refractivity contribution is 9.10. The highest BCUT2D eigenvalue weighted by atomic mass is 79.9. The molecule has 1 unspecified atom stereocenters. The van der Waals surface area contributed by atoms with E-state index >= 15 is 4.39 Å². The number of carbonyl (C=O) groups excluding carboxylic acids is 1. The lowest BCUT2D eigenvalue weighted by Gasteiger charge is -2.55. The summed E-state index contributed by atoms with van der Waals surface area (Å²) >= 11 is 3.20. The fraction of sp³-hybridized carbons (Fsp3) is 0.517. The first-order chi connectivity index (χ1) is 18.8. The number of aromatic nitrogens is 1. The molecular formula is C29H35BrF2N4O4. The Morgan fingerprint density at radius 1 is 1.20 bits per heavy atom. The van der Waals surface area contributed by atoms with Crippen molar-refractivity contribution >= 4 is 33.2 Å². The van der Waals surface area contributed by atoms with Crippen LogP contribution in [0.25, 0.3) is 0 Å². The molecule has 2 N–H and O–H groups in total. The largest absolute Gasteiger partial charge is 0.474 e. The Balaban J connectivity index is 1.44. The first-order valence-corrected chi connectivity index (χ1v) is 14.4. The maximum Gasteiger partial charge on any atom is 0.289 e. The van der Waals surface area contributed by atoms with Gasteiger partial charge < -0.3 is 29.5 Å². The van der Waals surface area contributed by atoms with Crippen molar-refractivity contribution in [2.45, 2.75) is 76.7 Å². The normalized spacial score (nSPS) is 20.1. The van der Waals surface area contributed by atoms with Crippen LogP contribution in [0.5, 0.6) is 0 Å². The van der Waals surface area contributed by atoms with E-state index in [2.05, 4.69) is 27.8 Å². The Morgan fingerprint density at radius 3 is 2.60 bits per heavy atom. The average molecular weight is 622 g/mol. The van der Waals surface area contributed by atoms with E-state index in [4.69, 9.17) is 4.74 Å². The van der Waals surface area contributed by atoms with Gasteiger partial charge in [-0.15, -0.1) is 0 Å². The van der Waals surface area contributed by atoms with E-state index in [0.29, 0.717) is 48.4 Å². The van der Waals surface area contributed by atoms with Gasteiger partial charge in [0.15, 0.2) is 5.88 Å². The summed E-state index contributed by atoms with van der Waals surface area (Å²) in [6.07, 6.45) is 3.57. The van der Waals surface area contributed by atoms with Gasteiger partial charge >= 0.3 is 0 Å². The number of ether oxygens (including phenoxy) is 1. The number of nitrogens with one attached hydrogen (secondary N) is 1. The summed E-state index contributed by atoms with van der Waals surface area (Å²) in [5.74, 6) is -1.83. The van der Waals surface area contributed by atoms with Crippen molar-refractivity contribution in [3.63, 3.8) is 0 Å². The van der Waals surface area contributed by atoms with E-state index < -0.39 is 34.3 Å². The maximum atomic E-state index is 15.5. The molecule has 0 aliphatic carbocycles. The Hall–Kier alpha value is -2.92. The van der Waals surface area contributed by atoms with Crippen LogP contribution >= 0.6 is 15.9 Å². The minimum absolute atomic E-state index is 0.0000512. The molecule has 0 bridgehead atoms. The van der Waals surface area contributed by atoms with Gasteiger partial charge in [0.05, 0.1) is 36.1 Å². The van der Waals surface area contributed by atoms with Crippen LogP contribution in [0.3, 0.4) is 0 Å². The molecule has 0 saturated carbocycles. The quantitative estimate of drug-likeness (QED) is 0.447. The minimum Gasteiger partial charge on any atom is -0.474 e. The lowest BCUT2D eigenvalue weighted by molar-refractivity contribution is -0.147. The first-order valence-electron chi connectivity index (χ1n) is 13.6. The standard InChI is InChI=1S/C29H35BrF2N4O4/c1-17(40-28(2,3)4)35-12-6-5-9-22(35)29(39)15-34(16-29)26(37)23-21-8-7-13-36(21)27(38)24(32)25(23)33-20-11-10-18(30)14-19(20)31/h10-11,14,22,33,39H,1,5-9,12-13,15-16H2,2-4H3. The van der Waals surface area contributed by atoms with E-state index in [1.807, 2.05) is 25.7 Å². The number of fused-ring (bicyclic) bond motifs is 1. The summed E-state index contributed by atoms with van der Waals surface area (Å²) in [5, 5.41) is 14.3. The number of aliphatic hydroxyl groups is 1. The number of hydrogen-bond donors (Lipinski definition) is 2. The Bertz CT molecular complexity index is 1410. The third-order valence-electron chi connectivity index (χ3n) is 7.80. The number of β-amino-alcohol motifs (C(OH)–C–C–N with tert-alkyl or cyclic N) is 1. The summed E-state index contributed by atoms with van der Waals surface area (Å²) in [6, 6.07) is 3.90. The first kappa shape index (κ1) is 28.6. The van der Waals surface area contributed by atoms with Crippen LogP contribution in [0.1, 0.15) is 62.5 Å². The molecule has 40 heavy (non-hydrogen) atoms. The lowest BCUT2D eigenvalue weighted by Crippen LogP contribution is -2.72. The number of amides is 1. The zero-order valence-electron chi connectivity index (χ0n) is 23.0. The van der Waals surface area contributed by atoms with E-state index in [0.717, 1.165) is 12.8 Å².